The molecule has 1 rings (SSSR count). The summed E-state index contributed by atoms with van der Waals surface area (Å²) in [5.74, 6) is 0.893. The predicted molar refractivity (Wildman–Crippen MR) is 65.3 cm³/mol. The topological polar surface area (TPSA) is 38.3 Å². The first-order valence-electron chi connectivity index (χ1n) is 6.68. The molecule has 1 fully saturated rings. The minimum Gasteiger partial charge on any atom is -0.465 e. The third-order valence-electron chi connectivity index (χ3n) is 3.03. The smallest absolute Gasteiger partial charge is 0.323 e. The number of ether oxygens (including phenoxy) is 1. The zero-order valence-corrected chi connectivity index (χ0v) is 10.6. The van der Waals surface area contributed by atoms with Crippen LogP contribution in [0.2, 0.25) is 0 Å². The lowest BCUT2D eigenvalue weighted by Crippen LogP contribution is -2.38. The Balaban J connectivity index is 2.12. The van der Waals surface area contributed by atoms with E-state index in [1.54, 1.807) is 0 Å². The van der Waals surface area contributed by atoms with Crippen LogP contribution in [0.3, 0.4) is 0 Å². The summed E-state index contributed by atoms with van der Waals surface area (Å²) in [5.41, 5.74) is 0. The van der Waals surface area contributed by atoms with Crippen molar-refractivity contribution in [3.63, 3.8) is 0 Å². The first-order valence-corrected chi connectivity index (χ1v) is 6.68. The van der Waals surface area contributed by atoms with Crippen molar-refractivity contribution >= 4 is 5.97 Å². The summed E-state index contributed by atoms with van der Waals surface area (Å²) in [6.07, 6.45) is 7.22. The largest absolute Gasteiger partial charge is 0.465 e. The minimum atomic E-state index is -0.0934. The van der Waals surface area contributed by atoms with E-state index in [0.717, 1.165) is 25.3 Å². The predicted octanol–water partition coefficient (Wildman–Crippen LogP) is 2.50. The Morgan fingerprint density at radius 1 is 1.44 bits per heavy atom. The highest BCUT2D eigenvalue weighted by Crippen LogP contribution is 2.33. The molecule has 0 bridgehead atoms. The van der Waals surface area contributed by atoms with Crippen LogP contribution in [0, 0.1) is 5.92 Å². The van der Waals surface area contributed by atoms with E-state index in [0.29, 0.717) is 6.61 Å². The molecule has 16 heavy (non-hydrogen) atoms. The fourth-order valence-corrected chi connectivity index (χ4v) is 1.91. The highest BCUT2D eigenvalue weighted by atomic mass is 16.5. The van der Waals surface area contributed by atoms with E-state index in [9.17, 15) is 4.79 Å². The monoisotopic (exact) mass is 227 g/mol. The number of carbonyl (C=O) groups is 1. The van der Waals surface area contributed by atoms with Crippen molar-refractivity contribution in [2.45, 2.75) is 58.4 Å². The summed E-state index contributed by atoms with van der Waals surface area (Å²) in [4.78, 5) is 11.6. The van der Waals surface area contributed by atoms with Crippen molar-refractivity contribution in [3.05, 3.63) is 0 Å². The Kier molecular flexibility index (Phi) is 6.46. The van der Waals surface area contributed by atoms with E-state index in [4.69, 9.17) is 4.74 Å². The van der Waals surface area contributed by atoms with Gasteiger partial charge in [-0.05, 0) is 38.6 Å². The van der Waals surface area contributed by atoms with Gasteiger partial charge in [0, 0.05) is 0 Å². The Hall–Kier alpha value is -0.570. The molecule has 1 aliphatic rings. The summed E-state index contributed by atoms with van der Waals surface area (Å²) < 4.78 is 5.05. The average molecular weight is 227 g/mol. The minimum absolute atomic E-state index is 0.0872. The molecule has 0 amide bonds. The van der Waals surface area contributed by atoms with Crippen LogP contribution in [0.15, 0.2) is 0 Å². The van der Waals surface area contributed by atoms with Crippen molar-refractivity contribution in [1.29, 1.82) is 0 Å². The Morgan fingerprint density at radius 2 is 2.19 bits per heavy atom. The standard InChI is InChI=1S/C13H25NO2/c1-3-6-12(13(15)16-4-2)14-10-5-7-11-8-9-11/h11-12,14H,3-10H2,1-2H3. The van der Waals surface area contributed by atoms with Crippen LogP contribution in [0.25, 0.3) is 0 Å². The quantitative estimate of drug-likeness (QED) is 0.486. The number of nitrogens with one attached hydrogen (secondary N) is 1. The van der Waals surface area contributed by atoms with E-state index in [2.05, 4.69) is 12.2 Å². The number of esters is 1. The molecule has 0 aromatic carbocycles. The fraction of sp³-hybridized carbons (Fsp3) is 0.923. The summed E-state index contributed by atoms with van der Waals surface area (Å²) in [6.45, 7) is 5.37. The Bertz CT molecular complexity index is 202. The van der Waals surface area contributed by atoms with E-state index in [-0.39, 0.29) is 12.0 Å². The van der Waals surface area contributed by atoms with Gasteiger partial charge in [-0.2, -0.15) is 0 Å². The van der Waals surface area contributed by atoms with Crippen LogP contribution >= 0.6 is 0 Å². The molecule has 1 aliphatic carbocycles. The molecule has 1 saturated carbocycles. The van der Waals surface area contributed by atoms with Crippen molar-refractivity contribution in [2.75, 3.05) is 13.2 Å². The van der Waals surface area contributed by atoms with Crippen LogP contribution in [0.1, 0.15) is 52.4 Å². The first kappa shape index (κ1) is 13.5. The van der Waals surface area contributed by atoms with Crippen molar-refractivity contribution in [1.82, 2.24) is 5.32 Å². The zero-order chi connectivity index (χ0) is 11.8. The van der Waals surface area contributed by atoms with Crippen LogP contribution in [-0.2, 0) is 9.53 Å². The highest BCUT2D eigenvalue weighted by molar-refractivity contribution is 5.75. The van der Waals surface area contributed by atoms with Crippen molar-refractivity contribution in [2.24, 2.45) is 5.92 Å². The second-order valence-electron chi connectivity index (χ2n) is 4.63. The summed E-state index contributed by atoms with van der Waals surface area (Å²) in [7, 11) is 0. The molecule has 0 saturated heterocycles. The maximum absolute atomic E-state index is 11.6. The van der Waals surface area contributed by atoms with E-state index in [1.165, 1.54) is 25.7 Å². The van der Waals surface area contributed by atoms with Crippen LogP contribution in [-0.4, -0.2) is 25.2 Å². The second kappa shape index (κ2) is 7.66. The Labute approximate surface area is 98.9 Å². The number of hydrogen-bond acceptors (Lipinski definition) is 3. The SMILES string of the molecule is CCCC(NCCCC1CC1)C(=O)OCC. The van der Waals surface area contributed by atoms with Gasteiger partial charge in [0.2, 0.25) is 0 Å². The van der Waals surface area contributed by atoms with Crippen LogP contribution in [0.5, 0.6) is 0 Å². The number of hydrogen-bond donors (Lipinski definition) is 1. The van der Waals surface area contributed by atoms with Gasteiger partial charge in [-0.15, -0.1) is 0 Å². The second-order valence-corrected chi connectivity index (χ2v) is 4.63. The highest BCUT2D eigenvalue weighted by Gasteiger charge is 2.21. The van der Waals surface area contributed by atoms with Gasteiger partial charge in [0.15, 0.2) is 0 Å². The molecule has 1 unspecified atom stereocenters. The summed E-state index contributed by atoms with van der Waals surface area (Å²) in [5, 5.41) is 3.31. The molecule has 0 spiro atoms. The lowest BCUT2D eigenvalue weighted by atomic mass is 10.1. The van der Waals surface area contributed by atoms with Gasteiger partial charge in [0.05, 0.1) is 6.61 Å². The van der Waals surface area contributed by atoms with Gasteiger partial charge in [-0.1, -0.05) is 26.2 Å². The molecule has 0 aromatic heterocycles. The normalized spacial score (nSPS) is 17.1. The molecule has 0 aromatic rings. The zero-order valence-electron chi connectivity index (χ0n) is 10.6. The third kappa shape index (κ3) is 5.50. The van der Waals surface area contributed by atoms with Gasteiger partial charge >= 0.3 is 5.97 Å². The number of rotatable bonds is 9. The van der Waals surface area contributed by atoms with Crippen LogP contribution < -0.4 is 5.32 Å². The van der Waals surface area contributed by atoms with E-state index >= 15 is 0 Å². The lowest BCUT2D eigenvalue weighted by Gasteiger charge is -2.16. The molecule has 1 atom stereocenters. The molecule has 0 heterocycles. The van der Waals surface area contributed by atoms with E-state index < -0.39 is 0 Å². The molecular formula is C13H25NO2. The molecule has 94 valence electrons. The van der Waals surface area contributed by atoms with E-state index in [1.807, 2.05) is 6.92 Å². The van der Waals surface area contributed by atoms with Crippen molar-refractivity contribution in [3.8, 4) is 0 Å². The maximum atomic E-state index is 11.6. The average Bonchev–Trinajstić information content (AvgIpc) is 3.07. The summed E-state index contributed by atoms with van der Waals surface area (Å²) >= 11 is 0. The Morgan fingerprint density at radius 3 is 2.75 bits per heavy atom. The molecule has 3 nitrogen and oxygen atoms in total. The molecule has 3 heteroatoms. The molecule has 0 radical (unpaired) electrons. The van der Waals surface area contributed by atoms with Crippen LogP contribution in [0.4, 0.5) is 0 Å². The molecular weight excluding hydrogens is 202 g/mol. The lowest BCUT2D eigenvalue weighted by molar-refractivity contribution is -0.145. The van der Waals surface area contributed by atoms with Gasteiger partial charge in [-0.25, -0.2) is 0 Å². The first-order chi connectivity index (χ1) is 7.77. The van der Waals surface area contributed by atoms with Gasteiger partial charge in [-0.3, -0.25) is 4.79 Å². The number of carbonyl (C=O) groups excluding carboxylic acids is 1. The fourth-order valence-electron chi connectivity index (χ4n) is 1.91. The molecule has 1 N–H and O–H groups in total. The summed E-state index contributed by atoms with van der Waals surface area (Å²) in [6, 6.07) is -0.0934. The van der Waals surface area contributed by atoms with Gasteiger partial charge in [0.1, 0.15) is 6.04 Å². The third-order valence-corrected chi connectivity index (χ3v) is 3.03. The van der Waals surface area contributed by atoms with Crippen molar-refractivity contribution < 1.29 is 9.53 Å². The van der Waals surface area contributed by atoms with Gasteiger partial charge in [0.25, 0.3) is 0 Å². The van der Waals surface area contributed by atoms with Gasteiger partial charge < -0.3 is 10.1 Å². The molecule has 0 aliphatic heterocycles. The maximum Gasteiger partial charge on any atom is 0.323 e.